The van der Waals surface area contributed by atoms with Gasteiger partial charge in [0.1, 0.15) is 16.9 Å². The van der Waals surface area contributed by atoms with Crippen LogP contribution in [0.3, 0.4) is 0 Å². The lowest BCUT2D eigenvalue weighted by molar-refractivity contribution is -0.139. The molecule has 7 nitrogen and oxygen atoms in total. The molecule has 2 unspecified atom stereocenters. The summed E-state index contributed by atoms with van der Waals surface area (Å²) >= 11 is 1.19. The van der Waals surface area contributed by atoms with Crippen molar-refractivity contribution in [1.82, 2.24) is 5.32 Å². The monoisotopic (exact) mass is 335 g/mol. The molecule has 0 aliphatic carbocycles. The summed E-state index contributed by atoms with van der Waals surface area (Å²) in [4.78, 5) is 33.7. The highest BCUT2D eigenvalue weighted by Crippen LogP contribution is 2.18. The van der Waals surface area contributed by atoms with Gasteiger partial charge in [0.15, 0.2) is 0 Å². The maximum absolute atomic E-state index is 11.6. The maximum Gasteiger partial charge on any atom is 0.408 e. The standard InChI is InChI=1S/C14H25NO6S/c1-5-6-10(12(18)19)22-8-7-9(11(16)17)15-13(20)21-14(2,3)4/h9-10H,5-8H2,1-4H3,(H,15,20)(H,16,17)(H,18,19). The molecule has 0 aromatic heterocycles. The van der Waals surface area contributed by atoms with Crippen LogP contribution in [-0.4, -0.2) is 50.9 Å². The summed E-state index contributed by atoms with van der Waals surface area (Å²) in [5.41, 5.74) is -0.711. The number of rotatable bonds is 9. The Kier molecular flexibility index (Phi) is 8.93. The molecule has 0 spiro atoms. The topological polar surface area (TPSA) is 113 Å². The van der Waals surface area contributed by atoms with Gasteiger partial charge < -0.3 is 20.3 Å². The fraction of sp³-hybridized carbons (Fsp3) is 0.786. The number of hydrogen-bond acceptors (Lipinski definition) is 5. The summed E-state index contributed by atoms with van der Waals surface area (Å²) in [5, 5.41) is 19.9. The highest BCUT2D eigenvalue weighted by atomic mass is 32.2. The van der Waals surface area contributed by atoms with Gasteiger partial charge >= 0.3 is 18.0 Å². The molecule has 0 rings (SSSR count). The predicted octanol–water partition coefficient (Wildman–Crippen LogP) is 2.34. The van der Waals surface area contributed by atoms with E-state index in [4.69, 9.17) is 14.9 Å². The zero-order valence-electron chi connectivity index (χ0n) is 13.4. The van der Waals surface area contributed by atoms with E-state index in [0.29, 0.717) is 12.2 Å². The molecule has 22 heavy (non-hydrogen) atoms. The van der Waals surface area contributed by atoms with Gasteiger partial charge in [-0.05, 0) is 39.4 Å². The lowest BCUT2D eigenvalue weighted by Gasteiger charge is -2.22. The highest BCUT2D eigenvalue weighted by Gasteiger charge is 2.25. The van der Waals surface area contributed by atoms with Crippen molar-refractivity contribution in [3.8, 4) is 0 Å². The Morgan fingerprint density at radius 3 is 2.14 bits per heavy atom. The van der Waals surface area contributed by atoms with E-state index in [2.05, 4.69) is 5.32 Å². The highest BCUT2D eigenvalue weighted by molar-refractivity contribution is 8.00. The number of thioether (sulfide) groups is 1. The van der Waals surface area contributed by atoms with E-state index in [1.54, 1.807) is 20.8 Å². The number of carboxylic acids is 2. The molecule has 0 aliphatic rings. The Labute approximate surface area is 134 Å². The summed E-state index contributed by atoms with van der Waals surface area (Å²) in [6.45, 7) is 6.93. The minimum absolute atomic E-state index is 0.132. The van der Waals surface area contributed by atoms with E-state index in [-0.39, 0.29) is 6.42 Å². The third kappa shape index (κ3) is 9.49. The van der Waals surface area contributed by atoms with Crippen LogP contribution in [-0.2, 0) is 14.3 Å². The first-order chi connectivity index (χ1) is 10.1. The number of ether oxygens (including phenoxy) is 1. The van der Waals surface area contributed by atoms with Crippen LogP contribution in [0, 0.1) is 0 Å². The Bertz CT molecular complexity index is 393. The smallest absolute Gasteiger partial charge is 0.408 e. The molecule has 8 heteroatoms. The summed E-state index contributed by atoms with van der Waals surface area (Å²) < 4.78 is 5.01. The van der Waals surface area contributed by atoms with Crippen LogP contribution < -0.4 is 5.32 Å². The van der Waals surface area contributed by atoms with Gasteiger partial charge in [0.25, 0.3) is 0 Å². The summed E-state index contributed by atoms with van der Waals surface area (Å²) in [7, 11) is 0. The van der Waals surface area contributed by atoms with Crippen molar-refractivity contribution >= 4 is 29.8 Å². The molecule has 0 aromatic rings. The second-order valence-corrected chi connectivity index (χ2v) is 7.12. The largest absolute Gasteiger partial charge is 0.480 e. The molecule has 0 saturated carbocycles. The lowest BCUT2D eigenvalue weighted by Crippen LogP contribution is -2.43. The third-order valence-electron chi connectivity index (χ3n) is 2.54. The summed E-state index contributed by atoms with van der Waals surface area (Å²) in [5.74, 6) is -1.75. The minimum atomic E-state index is -1.17. The van der Waals surface area contributed by atoms with Crippen LogP contribution in [0.4, 0.5) is 4.79 Å². The van der Waals surface area contributed by atoms with Gasteiger partial charge in [-0.1, -0.05) is 13.3 Å². The fourth-order valence-corrected chi connectivity index (χ4v) is 2.78. The summed E-state index contributed by atoms with van der Waals surface area (Å²) in [6, 6.07) is -1.10. The number of carbonyl (C=O) groups is 3. The zero-order chi connectivity index (χ0) is 17.3. The SMILES string of the molecule is CCCC(SCCC(NC(=O)OC(C)(C)C)C(=O)O)C(=O)O. The van der Waals surface area contributed by atoms with E-state index in [0.717, 1.165) is 6.42 Å². The van der Waals surface area contributed by atoms with Gasteiger partial charge in [-0.25, -0.2) is 9.59 Å². The Hall–Kier alpha value is -1.44. The molecule has 128 valence electrons. The Morgan fingerprint density at radius 1 is 1.14 bits per heavy atom. The van der Waals surface area contributed by atoms with Crippen LogP contribution in [0.1, 0.15) is 47.0 Å². The van der Waals surface area contributed by atoms with Gasteiger partial charge in [0.2, 0.25) is 0 Å². The molecule has 0 fully saturated rings. The minimum Gasteiger partial charge on any atom is -0.480 e. The van der Waals surface area contributed by atoms with E-state index in [1.165, 1.54) is 11.8 Å². The van der Waals surface area contributed by atoms with Crippen molar-refractivity contribution in [1.29, 1.82) is 0 Å². The van der Waals surface area contributed by atoms with Gasteiger partial charge in [-0.3, -0.25) is 4.79 Å². The number of aliphatic carboxylic acids is 2. The molecular formula is C14H25NO6S. The first-order valence-corrected chi connectivity index (χ1v) is 8.18. The van der Waals surface area contributed by atoms with Gasteiger partial charge in [0, 0.05) is 0 Å². The number of carboxylic acid groups (broad SMARTS) is 2. The number of carbonyl (C=O) groups excluding carboxylic acids is 1. The molecule has 2 atom stereocenters. The van der Waals surface area contributed by atoms with Crippen LogP contribution in [0.25, 0.3) is 0 Å². The normalized spacial score (nSPS) is 14.0. The third-order valence-corrected chi connectivity index (χ3v) is 3.85. The number of hydrogen-bond donors (Lipinski definition) is 3. The molecule has 0 bridgehead atoms. The molecule has 0 aromatic carbocycles. The van der Waals surface area contributed by atoms with Crippen LogP contribution in [0.5, 0.6) is 0 Å². The molecule has 0 heterocycles. The van der Waals surface area contributed by atoms with Crippen molar-refractivity contribution in [2.75, 3.05) is 5.75 Å². The van der Waals surface area contributed by atoms with E-state index in [9.17, 15) is 14.4 Å². The van der Waals surface area contributed by atoms with Crippen molar-refractivity contribution in [2.24, 2.45) is 0 Å². The van der Waals surface area contributed by atoms with E-state index < -0.39 is 34.9 Å². The quantitative estimate of drug-likeness (QED) is 0.592. The van der Waals surface area contributed by atoms with Crippen LogP contribution in [0.2, 0.25) is 0 Å². The van der Waals surface area contributed by atoms with Crippen molar-refractivity contribution in [3.63, 3.8) is 0 Å². The average molecular weight is 335 g/mol. The maximum atomic E-state index is 11.6. The van der Waals surface area contributed by atoms with E-state index in [1.807, 2.05) is 6.92 Å². The molecular weight excluding hydrogens is 310 g/mol. The molecule has 0 aliphatic heterocycles. The second kappa shape index (κ2) is 9.55. The number of alkyl carbamates (subject to hydrolysis) is 1. The van der Waals surface area contributed by atoms with E-state index >= 15 is 0 Å². The fourth-order valence-electron chi connectivity index (χ4n) is 1.58. The predicted molar refractivity (Wildman–Crippen MR) is 84.2 cm³/mol. The lowest BCUT2D eigenvalue weighted by atomic mass is 10.2. The van der Waals surface area contributed by atoms with Crippen molar-refractivity contribution < 1.29 is 29.3 Å². The Balaban J connectivity index is 4.39. The first-order valence-electron chi connectivity index (χ1n) is 7.13. The Morgan fingerprint density at radius 2 is 1.73 bits per heavy atom. The number of nitrogens with one attached hydrogen (secondary N) is 1. The van der Waals surface area contributed by atoms with Crippen LogP contribution >= 0.6 is 11.8 Å². The molecule has 0 radical (unpaired) electrons. The number of amides is 1. The van der Waals surface area contributed by atoms with Crippen molar-refractivity contribution in [2.45, 2.75) is 63.9 Å². The molecule has 0 saturated heterocycles. The second-order valence-electron chi connectivity index (χ2n) is 5.81. The average Bonchev–Trinajstić information content (AvgIpc) is 2.33. The molecule has 3 N–H and O–H groups in total. The molecule has 1 amide bonds. The summed E-state index contributed by atoms with van der Waals surface area (Å²) in [6.07, 6.45) is 0.597. The van der Waals surface area contributed by atoms with Gasteiger partial charge in [0.05, 0.1) is 0 Å². The van der Waals surface area contributed by atoms with Gasteiger partial charge in [-0.2, -0.15) is 0 Å². The first kappa shape index (κ1) is 20.6. The van der Waals surface area contributed by atoms with Crippen LogP contribution in [0.15, 0.2) is 0 Å². The zero-order valence-corrected chi connectivity index (χ0v) is 14.2. The van der Waals surface area contributed by atoms with Crippen molar-refractivity contribution in [3.05, 3.63) is 0 Å². The van der Waals surface area contributed by atoms with Gasteiger partial charge in [-0.15, -0.1) is 11.8 Å².